The zero-order valence-electron chi connectivity index (χ0n) is 9.53. The van der Waals surface area contributed by atoms with Gasteiger partial charge < -0.3 is 10.1 Å². The van der Waals surface area contributed by atoms with Gasteiger partial charge in [-0.05, 0) is 19.0 Å². The van der Waals surface area contributed by atoms with Crippen molar-refractivity contribution in [2.75, 3.05) is 26.8 Å². The zero-order chi connectivity index (χ0) is 11.4. The minimum absolute atomic E-state index is 0.136. The van der Waals surface area contributed by atoms with E-state index < -0.39 is 0 Å². The molecule has 1 N–H and O–H groups in total. The number of carbonyl (C=O) groups excluding carboxylic acids is 1. The van der Waals surface area contributed by atoms with Gasteiger partial charge in [0.15, 0.2) is 5.78 Å². The predicted molar refractivity (Wildman–Crippen MR) is 62.9 cm³/mol. The van der Waals surface area contributed by atoms with Gasteiger partial charge in [0, 0.05) is 18.1 Å². The third-order valence-electron chi connectivity index (χ3n) is 2.97. The third-order valence-corrected chi connectivity index (χ3v) is 2.97. The van der Waals surface area contributed by atoms with Gasteiger partial charge >= 0.3 is 0 Å². The quantitative estimate of drug-likeness (QED) is 0.782. The van der Waals surface area contributed by atoms with E-state index in [1.807, 2.05) is 24.3 Å². The molecule has 0 radical (unpaired) electrons. The highest BCUT2D eigenvalue weighted by molar-refractivity contribution is 5.97. The second kappa shape index (κ2) is 5.23. The first-order valence-corrected chi connectivity index (χ1v) is 5.67. The molecule has 1 unspecified atom stereocenters. The van der Waals surface area contributed by atoms with Crippen molar-refractivity contribution in [3.63, 3.8) is 0 Å². The van der Waals surface area contributed by atoms with Crippen LogP contribution in [0, 0.1) is 0 Å². The average Bonchev–Trinajstić information content (AvgIpc) is 2.83. The first-order valence-electron chi connectivity index (χ1n) is 5.67. The number of ketones is 1. The maximum absolute atomic E-state index is 11.6. The molecular weight excluding hydrogens is 202 g/mol. The molecule has 0 aliphatic carbocycles. The fourth-order valence-electron chi connectivity index (χ4n) is 2.00. The summed E-state index contributed by atoms with van der Waals surface area (Å²) in [4.78, 5) is 11.6. The lowest BCUT2D eigenvalue weighted by Crippen LogP contribution is -2.18. The normalized spacial score (nSPS) is 19.9. The lowest BCUT2D eigenvalue weighted by atomic mass is 9.97. The topological polar surface area (TPSA) is 38.3 Å². The number of nitrogens with one attached hydrogen (secondary N) is 1. The van der Waals surface area contributed by atoms with Gasteiger partial charge in [-0.1, -0.05) is 24.3 Å². The lowest BCUT2D eigenvalue weighted by molar-refractivity contribution is 0.0993. The summed E-state index contributed by atoms with van der Waals surface area (Å²) < 4.78 is 5.35. The molecule has 16 heavy (non-hydrogen) atoms. The summed E-state index contributed by atoms with van der Waals surface area (Å²) in [7, 11) is 1.78. The number of Topliss-reactive ketones (excluding diaryl/α,β-unsaturated/α-hetero) is 1. The van der Waals surface area contributed by atoms with Gasteiger partial charge in [0.25, 0.3) is 0 Å². The van der Waals surface area contributed by atoms with Crippen LogP contribution in [-0.4, -0.2) is 32.6 Å². The molecule has 1 fully saturated rings. The Bertz CT molecular complexity index is 353. The highest BCUT2D eigenvalue weighted by atomic mass is 16.5. The van der Waals surface area contributed by atoms with E-state index in [0.29, 0.717) is 12.5 Å². The molecule has 1 atom stereocenters. The largest absolute Gasteiger partial charge is 0.381 e. The molecule has 3 heteroatoms. The van der Waals surface area contributed by atoms with Gasteiger partial charge in [-0.15, -0.1) is 0 Å². The van der Waals surface area contributed by atoms with E-state index in [-0.39, 0.29) is 5.78 Å². The SMILES string of the molecule is CNCC(=O)c1ccc(C2CCOC2)cc1. The third kappa shape index (κ3) is 2.49. The summed E-state index contributed by atoms with van der Waals surface area (Å²) in [6.45, 7) is 2.06. The van der Waals surface area contributed by atoms with Crippen LogP contribution in [0.25, 0.3) is 0 Å². The molecule has 2 rings (SSSR count). The van der Waals surface area contributed by atoms with Gasteiger partial charge in [0.05, 0.1) is 13.2 Å². The number of rotatable bonds is 4. The van der Waals surface area contributed by atoms with Gasteiger partial charge in [-0.3, -0.25) is 4.79 Å². The van der Waals surface area contributed by atoms with Crippen LogP contribution >= 0.6 is 0 Å². The number of hydrogen-bond donors (Lipinski definition) is 1. The first kappa shape index (κ1) is 11.3. The van der Waals surface area contributed by atoms with Crippen LogP contribution < -0.4 is 5.32 Å². The summed E-state index contributed by atoms with van der Waals surface area (Å²) in [5.74, 6) is 0.644. The molecule has 1 aliphatic rings. The van der Waals surface area contributed by atoms with E-state index in [2.05, 4.69) is 5.32 Å². The maximum atomic E-state index is 11.6. The van der Waals surface area contributed by atoms with Crippen molar-refractivity contribution in [3.8, 4) is 0 Å². The Kier molecular flexibility index (Phi) is 3.70. The summed E-state index contributed by atoms with van der Waals surface area (Å²) in [6, 6.07) is 7.91. The van der Waals surface area contributed by atoms with Gasteiger partial charge in [0.2, 0.25) is 0 Å². The van der Waals surface area contributed by atoms with Crippen molar-refractivity contribution in [1.29, 1.82) is 0 Å². The van der Waals surface area contributed by atoms with Crippen molar-refractivity contribution >= 4 is 5.78 Å². The number of likely N-dealkylation sites (N-methyl/N-ethyl adjacent to an activating group) is 1. The Balaban J connectivity index is 2.06. The van der Waals surface area contributed by atoms with Gasteiger partial charge in [0.1, 0.15) is 0 Å². The molecule has 3 nitrogen and oxygen atoms in total. The van der Waals surface area contributed by atoms with Crippen LogP contribution in [0.3, 0.4) is 0 Å². The summed E-state index contributed by atoms with van der Waals surface area (Å²) in [5.41, 5.74) is 2.05. The molecule has 0 saturated carbocycles. The summed E-state index contributed by atoms with van der Waals surface area (Å²) in [5, 5.41) is 2.87. The minimum Gasteiger partial charge on any atom is -0.381 e. The van der Waals surface area contributed by atoms with E-state index in [1.54, 1.807) is 7.05 Å². The molecular formula is C13H17NO2. The van der Waals surface area contributed by atoms with Gasteiger partial charge in [-0.2, -0.15) is 0 Å². The van der Waals surface area contributed by atoms with Crippen molar-refractivity contribution in [3.05, 3.63) is 35.4 Å². The minimum atomic E-state index is 0.136. The fraction of sp³-hybridized carbons (Fsp3) is 0.462. The van der Waals surface area contributed by atoms with Crippen molar-refractivity contribution in [1.82, 2.24) is 5.32 Å². The summed E-state index contributed by atoms with van der Waals surface area (Å²) >= 11 is 0. The molecule has 1 aromatic carbocycles. The molecule has 0 spiro atoms. The van der Waals surface area contributed by atoms with E-state index in [1.165, 1.54) is 5.56 Å². The van der Waals surface area contributed by atoms with E-state index in [9.17, 15) is 4.79 Å². The van der Waals surface area contributed by atoms with E-state index >= 15 is 0 Å². The second-order valence-corrected chi connectivity index (χ2v) is 4.14. The van der Waals surface area contributed by atoms with E-state index in [0.717, 1.165) is 25.2 Å². The molecule has 1 saturated heterocycles. The Morgan fingerprint density at radius 1 is 1.44 bits per heavy atom. The number of carbonyl (C=O) groups is 1. The fourth-order valence-corrected chi connectivity index (χ4v) is 2.00. The molecule has 0 aromatic heterocycles. The highest BCUT2D eigenvalue weighted by Gasteiger charge is 2.17. The highest BCUT2D eigenvalue weighted by Crippen LogP contribution is 2.25. The maximum Gasteiger partial charge on any atom is 0.176 e. The zero-order valence-corrected chi connectivity index (χ0v) is 9.53. The first-order chi connectivity index (χ1) is 7.81. The average molecular weight is 219 g/mol. The molecule has 0 amide bonds. The molecule has 86 valence electrons. The lowest BCUT2D eigenvalue weighted by Gasteiger charge is -2.08. The Labute approximate surface area is 95.8 Å². The van der Waals surface area contributed by atoms with E-state index in [4.69, 9.17) is 4.74 Å². The van der Waals surface area contributed by atoms with Crippen molar-refractivity contribution < 1.29 is 9.53 Å². The van der Waals surface area contributed by atoms with Crippen LogP contribution in [0.4, 0.5) is 0 Å². The Hall–Kier alpha value is -1.19. The van der Waals surface area contributed by atoms with Crippen molar-refractivity contribution in [2.45, 2.75) is 12.3 Å². The number of ether oxygens (including phenoxy) is 1. The Morgan fingerprint density at radius 2 is 2.19 bits per heavy atom. The molecule has 1 aromatic rings. The number of hydrogen-bond acceptors (Lipinski definition) is 3. The molecule has 1 aliphatic heterocycles. The molecule has 0 bridgehead atoms. The van der Waals surface area contributed by atoms with Crippen LogP contribution in [-0.2, 0) is 4.74 Å². The van der Waals surface area contributed by atoms with Crippen LogP contribution in [0.15, 0.2) is 24.3 Å². The monoisotopic (exact) mass is 219 g/mol. The second-order valence-electron chi connectivity index (χ2n) is 4.14. The van der Waals surface area contributed by atoms with Crippen LogP contribution in [0.2, 0.25) is 0 Å². The predicted octanol–water partition coefficient (Wildman–Crippen LogP) is 1.59. The standard InChI is InChI=1S/C13H17NO2/c1-14-8-13(15)11-4-2-10(3-5-11)12-6-7-16-9-12/h2-5,12,14H,6-9H2,1H3. The smallest absolute Gasteiger partial charge is 0.176 e. The summed E-state index contributed by atoms with van der Waals surface area (Å²) in [6.07, 6.45) is 1.09. The van der Waals surface area contributed by atoms with Crippen LogP contribution in [0.1, 0.15) is 28.3 Å². The number of benzene rings is 1. The molecule has 1 heterocycles. The van der Waals surface area contributed by atoms with Crippen molar-refractivity contribution in [2.24, 2.45) is 0 Å². The van der Waals surface area contributed by atoms with Crippen LogP contribution in [0.5, 0.6) is 0 Å². The Morgan fingerprint density at radius 3 is 2.75 bits per heavy atom. The van der Waals surface area contributed by atoms with Gasteiger partial charge in [-0.25, -0.2) is 0 Å².